The molecule has 1 aliphatic rings. The van der Waals surface area contributed by atoms with Crippen molar-refractivity contribution in [2.24, 2.45) is 0 Å². The molecule has 3 aromatic heterocycles. The van der Waals surface area contributed by atoms with Crippen molar-refractivity contribution in [1.29, 1.82) is 0 Å². The first-order chi connectivity index (χ1) is 34.4. The number of nitrogens with zero attached hydrogens (tertiary/aromatic N) is 7. The van der Waals surface area contributed by atoms with Crippen molar-refractivity contribution >= 4 is 21.8 Å². The lowest BCUT2D eigenvalue weighted by Gasteiger charge is -2.35. The third-order valence-corrected chi connectivity index (χ3v) is 13.7. The van der Waals surface area contributed by atoms with Crippen molar-refractivity contribution in [2.75, 3.05) is 0 Å². The predicted molar refractivity (Wildman–Crippen MR) is 283 cm³/mol. The average molecular weight is 898 g/mol. The summed E-state index contributed by atoms with van der Waals surface area (Å²) >= 11 is 0. The lowest BCUT2D eigenvalue weighted by atomic mass is 9.74. The molecule has 0 bridgehead atoms. The maximum atomic E-state index is 5.31. The summed E-state index contributed by atoms with van der Waals surface area (Å²) in [6, 6.07) is 78.0. The summed E-state index contributed by atoms with van der Waals surface area (Å²) in [5.74, 6) is 3.40. The Morgan fingerprint density at radius 3 is 1.19 bits per heavy atom. The Morgan fingerprint density at radius 2 is 0.657 bits per heavy atom. The van der Waals surface area contributed by atoms with Crippen molar-refractivity contribution in [3.8, 4) is 96.3 Å². The molecule has 0 atom stereocenters. The van der Waals surface area contributed by atoms with E-state index < -0.39 is 0 Å². The van der Waals surface area contributed by atoms with Crippen molar-refractivity contribution in [3.63, 3.8) is 0 Å². The third-order valence-electron chi connectivity index (χ3n) is 13.7. The van der Waals surface area contributed by atoms with Gasteiger partial charge in [-0.1, -0.05) is 196 Å². The van der Waals surface area contributed by atoms with E-state index in [-0.39, 0.29) is 5.41 Å². The van der Waals surface area contributed by atoms with Crippen molar-refractivity contribution in [2.45, 2.75) is 19.3 Å². The number of rotatable bonds is 8. The van der Waals surface area contributed by atoms with E-state index >= 15 is 0 Å². The second kappa shape index (κ2) is 16.5. The van der Waals surface area contributed by atoms with Crippen LogP contribution in [0.5, 0.6) is 0 Å². The summed E-state index contributed by atoms with van der Waals surface area (Å²) in [5, 5.41) is 2.40. The zero-order valence-corrected chi connectivity index (χ0v) is 38.5. The van der Waals surface area contributed by atoms with E-state index in [1.54, 1.807) is 0 Å². The second-order valence-electron chi connectivity index (χ2n) is 18.4. The molecular weight excluding hydrogens is 855 g/mol. The molecule has 0 saturated carbocycles. The Morgan fingerprint density at radius 1 is 0.286 bits per heavy atom. The maximum Gasteiger partial charge on any atom is 0.164 e. The number of hydrogen-bond acceptors (Lipinski definition) is 6. The highest BCUT2D eigenvalue weighted by Gasteiger charge is 2.35. The van der Waals surface area contributed by atoms with Gasteiger partial charge in [0.15, 0.2) is 34.9 Å². The van der Waals surface area contributed by atoms with Gasteiger partial charge in [-0.15, -0.1) is 0 Å². The van der Waals surface area contributed by atoms with E-state index in [9.17, 15) is 0 Å². The fourth-order valence-electron chi connectivity index (χ4n) is 10.1. The van der Waals surface area contributed by atoms with Crippen LogP contribution in [-0.4, -0.2) is 34.5 Å². The number of benzene rings is 9. The van der Waals surface area contributed by atoms with Crippen LogP contribution in [0.1, 0.15) is 25.0 Å². The predicted octanol–water partition coefficient (Wildman–Crippen LogP) is 15.1. The molecule has 0 radical (unpaired) electrons. The normalized spacial score (nSPS) is 12.5. The van der Waals surface area contributed by atoms with Gasteiger partial charge in [-0.25, -0.2) is 29.9 Å². The fraction of sp³-hybridized carbons (Fsp3) is 0.0476. The summed E-state index contributed by atoms with van der Waals surface area (Å²) in [6.07, 6.45) is 0. The maximum absolute atomic E-state index is 5.31. The third kappa shape index (κ3) is 7.06. The molecule has 12 aromatic rings. The Kier molecular flexibility index (Phi) is 9.69. The molecule has 0 N–H and O–H groups in total. The smallest absolute Gasteiger partial charge is 0.164 e. The van der Waals surface area contributed by atoms with Crippen LogP contribution in [0.2, 0.25) is 0 Å². The molecule has 13 rings (SSSR count). The lowest BCUT2D eigenvalue weighted by Crippen LogP contribution is -2.26. The minimum absolute atomic E-state index is 0.303. The van der Waals surface area contributed by atoms with Gasteiger partial charge in [0, 0.05) is 49.6 Å². The van der Waals surface area contributed by atoms with Crippen LogP contribution >= 0.6 is 0 Å². The van der Waals surface area contributed by atoms with Gasteiger partial charge < -0.3 is 4.57 Å². The van der Waals surface area contributed by atoms with Gasteiger partial charge in [-0.05, 0) is 75.8 Å². The lowest BCUT2D eigenvalue weighted by molar-refractivity contribution is 0.630. The van der Waals surface area contributed by atoms with Gasteiger partial charge in [-0.2, -0.15) is 0 Å². The quantitative estimate of drug-likeness (QED) is 0.151. The molecular formula is C63H43N7. The highest BCUT2D eigenvalue weighted by molar-refractivity contribution is 6.13. The number of aromatic nitrogens is 7. The van der Waals surface area contributed by atoms with Crippen LogP contribution in [0.3, 0.4) is 0 Å². The standard InChI is InChI=1S/C63H43N7/c1-63(2)52-28-16-18-30-55(52)70-54-29-17-15-27-50(54)51-38-47(39-53(63)56(51)70)46-35-48(61-66-57(42-21-9-4-10-22-42)64-58(67-61)43-23-11-5-12-24-43)37-49(36-46)62-68-59(44-25-13-6-14-26-44)65-60(69-62)45-33-31-41(32-34-45)40-19-7-3-8-20-40/h3-39H,1-2H3. The highest BCUT2D eigenvalue weighted by atomic mass is 15.0. The number of para-hydroxylation sites is 2. The second-order valence-corrected chi connectivity index (χ2v) is 18.4. The summed E-state index contributed by atoms with van der Waals surface area (Å²) in [4.78, 5) is 31.2. The SMILES string of the molecule is CC1(C)c2ccccc2-n2c3ccccc3c3cc(-c4cc(-c5nc(-c6ccccc6)nc(-c6ccccc6)n5)cc(-c5nc(-c6ccccc6)nc(-c6ccc(-c7ccccc7)cc6)n5)c4)cc1c32. The minimum Gasteiger partial charge on any atom is -0.309 e. The van der Waals surface area contributed by atoms with Gasteiger partial charge in [0.2, 0.25) is 0 Å². The molecule has 0 amide bonds. The van der Waals surface area contributed by atoms with Gasteiger partial charge in [0.25, 0.3) is 0 Å². The van der Waals surface area contributed by atoms with Crippen LogP contribution in [0, 0.1) is 0 Å². The van der Waals surface area contributed by atoms with Crippen LogP contribution in [0.15, 0.2) is 224 Å². The molecule has 9 aromatic carbocycles. The fourth-order valence-corrected chi connectivity index (χ4v) is 10.1. The van der Waals surface area contributed by atoms with E-state index in [1.807, 2.05) is 97.1 Å². The number of hydrogen-bond donors (Lipinski definition) is 0. The summed E-state index contributed by atoms with van der Waals surface area (Å²) in [5.41, 5.74) is 15.4. The van der Waals surface area contributed by atoms with Gasteiger partial charge in [0.05, 0.1) is 16.7 Å². The topological polar surface area (TPSA) is 82.3 Å². The zero-order valence-electron chi connectivity index (χ0n) is 38.5. The molecule has 4 heterocycles. The van der Waals surface area contributed by atoms with E-state index in [0.717, 1.165) is 55.6 Å². The zero-order chi connectivity index (χ0) is 46.8. The van der Waals surface area contributed by atoms with Crippen molar-refractivity contribution in [3.05, 3.63) is 236 Å². The first-order valence-electron chi connectivity index (χ1n) is 23.6. The first-order valence-corrected chi connectivity index (χ1v) is 23.6. The van der Waals surface area contributed by atoms with E-state index in [2.05, 4.69) is 146 Å². The van der Waals surface area contributed by atoms with Crippen LogP contribution in [0.25, 0.3) is 118 Å². The monoisotopic (exact) mass is 897 g/mol. The molecule has 0 unspecified atom stereocenters. The van der Waals surface area contributed by atoms with Crippen LogP contribution < -0.4 is 0 Å². The van der Waals surface area contributed by atoms with Crippen molar-refractivity contribution in [1.82, 2.24) is 34.5 Å². The molecule has 7 nitrogen and oxygen atoms in total. The molecule has 7 heteroatoms. The Balaban J connectivity index is 1.07. The van der Waals surface area contributed by atoms with E-state index in [0.29, 0.717) is 34.9 Å². The van der Waals surface area contributed by atoms with Crippen LogP contribution in [-0.2, 0) is 5.41 Å². The molecule has 70 heavy (non-hydrogen) atoms. The van der Waals surface area contributed by atoms with Crippen molar-refractivity contribution < 1.29 is 0 Å². The Labute approximate surface area is 405 Å². The largest absolute Gasteiger partial charge is 0.309 e. The Hall–Kier alpha value is -9.20. The summed E-state index contributed by atoms with van der Waals surface area (Å²) in [6.45, 7) is 4.69. The average Bonchev–Trinajstić information content (AvgIpc) is 3.77. The Bertz CT molecular complexity index is 3880. The van der Waals surface area contributed by atoms with E-state index in [4.69, 9.17) is 29.9 Å². The molecule has 0 aliphatic carbocycles. The highest BCUT2D eigenvalue weighted by Crippen LogP contribution is 2.49. The molecule has 0 spiro atoms. The summed E-state index contributed by atoms with van der Waals surface area (Å²) < 4.78 is 2.46. The minimum atomic E-state index is -0.303. The molecule has 0 fully saturated rings. The van der Waals surface area contributed by atoms with Crippen LogP contribution in [0.4, 0.5) is 0 Å². The summed E-state index contributed by atoms with van der Waals surface area (Å²) in [7, 11) is 0. The van der Waals surface area contributed by atoms with Gasteiger partial charge >= 0.3 is 0 Å². The first kappa shape index (κ1) is 41.0. The number of fused-ring (bicyclic) bond motifs is 5. The molecule has 330 valence electrons. The molecule has 1 aliphatic heterocycles. The van der Waals surface area contributed by atoms with Gasteiger partial charge in [0.1, 0.15) is 0 Å². The van der Waals surface area contributed by atoms with E-state index in [1.165, 1.54) is 38.6 Å². The van der Waals surface area contributed by atoms with Gasteiger partial charge in [-0.3, -0.25) is 0 Å². The molecule has 0 saturated heterocycles.